The molecule has 1 N–H and O–H groups in total. The first-order valence-corrected chi connectivity index (χ1v) is 9.89. The molecule has 1 saturated heterocycles. The van der Waals surface area contributed by atoms with Gasteiger partial charge in [0.25, 0.3) is 0 Å². The number of carbonyl (C=O) groups excluding carboxylic acids is 1. The van der Waals surface area contributed by atoms with Gasteiger partial charge in [0.2, 0.25) is 5.91 Å². The summed E-state index contributed by atoms with van der Waals surface area (Å²) in [6, 6.07) is 4.78. The Morgan fingerprint density at radius 3 is 2.70 bits per heavy atom. The molecule has 2 heterocycles. The largest absolute Gasteiger partial charge is 0.352 e. The first kappa shape index (κ1) is 16.9. The molecule has 1 atom stereocenters. The highest BCUT2D eigenvalue weighted by Gasteiger charge is 2.27. The molecule has 23 heavy (non-hydrogen) atoms. The zero-order valence-corrected chi connectivity index (χ0v) is 15.0. The van der Waals surface area contributed by atoms with Gasteiger partial charge in [-0.3, -0.25) is 9.69 Å². The predicted octanol–water partition coefficient (Wildman–Crippen LogP) is 2.36. The maximum absolute atomic E-state index is 12.4. The summed E-state index contributed by atoms with van der Waals surface area (Å²) in [4.78, 5) is 18.7. The van der Waals surface area contributed by atoms with E-state index in [-0.39, 0.29) is 11.9 Å². The summed E-state index contributed by atoms with van der Waals surface area (Å²) in [5.41, 5.74) is 0. The summed E-state index contributed by atoms with van der Waals surface area (Å²) >= 11 is 1.85. The van der Waals surface area contributed by atoms with Crippen LogP contribution in [0.25, 0.3) is 0 Å². The molecule has 0 radical (unpaired) electrons. The average Bonchev–Trinajstić information content (AvgIpc) is 3.26. The molecule has 1 aromatic heterocycles. The normalized spacial score (nSPS) is 22.3. The number of amides is 1. The van der Waals surface area contributed by atoms with E-state index in [4.69, 9.17) is 0 Å². The lowest BCUT2D eigenvalue weighted by Crippen LogP contribution is -2.54. The molecular formula is C18H29N3OS. The molecule has 128 valence electrons. The molecule has 3 rings (SSSR count). The van der Waals surface area contributed by atoms with E-state index in [1.165, 1.54) is 17.7 Å². The van der Waals surface area contributed by atoms with Crippen LogP contribution < -0.4 is 5.32 Å². The molecule has 2 fully saturated rings. The SMILES string of the molecule is C[C@H](C(=O)NC1CCCC1)N1CCN(CCc2cccs2)CC1. The summed E-state index contributed by atoms with van der Waals surface area (Å²) < 4.78 is 0. The number of rotatable bonds is 6. The van der Waals surface area contributed by atoms with Gasteiger partial charge in [0.15, 0.2) is 0 Å². The monoisotopic (exact) mass is 335 g/mol. The summed E-state index contributed by atoms with van der Waals surface area (Å²) in [6.07, 6.45) is 6.00. The Hall–Kier alpha value is -0.910. The quantitative estimate of drug-likeness (QED) is 0.867. The van der Waals surface area contributed by atoms with Crippen molar-refractivity contribution in [3.8, 4) is 0 Å². The van der Waals surface area contributed by atoms with Crippen LogP contribution >= 0.6 is 11.3 Å². The van der Waals surface area contributed by atoms with E-state index in [1.54, 1.807) is 0 Å². The van der Waals surface area contributed by atoms with E-state index >= 15 is 0 Å². The van der Waals surface area contributed by atoms with Gasteiger partial charge in [-0.15, -0.1) is 11.3 Å². The zero-order chi connectivity index (χ0) is 16.1. The van der Waals surface area contributed by atoms with E-state index in [0.717, 1.165) is 52.0 Å². The third kappa shape index (κ3) is 4.78. The third-order valence-electron chi connectivity index (χ3n) is 5.29. The van der Waals surface area contributed by atoms with Crippen LogP contribution in [0.15, 0.2) is 17.5 Å². The number of hydrogen-bond donors (Lipinski definition) is 1. The Morgan fingerprint density at radius 2 is 2.04 bits per heavy atom. The molecule has 0 spiro atoms. The Bertz CT molecular complexity index is 476. The summed E-state index contributed by atoms with van der Waals surface area (Å²) in [7, 11) is 0. The highest BCUT2D eigenvalue weighted by atomic mass is 32.1. The fourth-order valence-corrected chi connectivity index (χ4v) is 4.35. The van der Waals surface area contributed by atoms with Crippen LogP contribution in [0.4, 0.5) is 0 Å². The van der Waals surface area contributed by atoms with Gasteiger partial charge in [-0.05, 0) is 37.6 Å². The Balaban J connectivity index is 1.38. The molecule has 0 bridgehead atoms. The van der Waals surface area contributed by atoms with Crippen molar-refractivity contribution in [2.75, 3.05) is 32.7 Å². The molecule has 0 aromatic carbocycles. The number of carbonyl (C=O) groups is 1. The second kappa shape index (κ2) is 8.27. The van der Waals surface area contributed by atoms with E-state index in [2.05, 4.69) is 39.6 Å². The molecule has 2 aliphatic rings. The van der Waals surface area contributed by atoms with Crippen LogP contribution in [0.5, 0.6) is 0 Å². The molecule has 1 amide bonds. The Morgan fingerprint density at radius 1 is 1.30 bits per heavy atom. The molecule has 1 saturated carbocycles. The predicted molar refractivity (Wildman–Crippen MR) is 95.9 cm³/mol. The van der Waals surface area contributed by atoms with E-state index in [1.807, 2.05) is 11.3 Å². The maximum Gasteiger partial charge on any atom is 0.237 e. The standard InChI is InChI=1S/C18H29N3OS/c1-15(18(22)19-16-5-2-3-6-16)21-12-10-20(11-13-21)9-8-17-7-4-14-23-17/h4,7,14-16H,2-3,5-6,8-13H2,1H3,(H,19,22)/t15-/m1/s1. The summed E-state index contributed by atoms with van der Waals surface area (Å²) in [5, 5.41) is 5.39. The fraction of sp³-hybridized carbons (Fsp3) is 0.722. The molecule has 1 aromatic rings. The minimum atomic E-state index is 0.00930. The average molecular weight is 336 g/mol. The van der Waals surface area contributed by atoms with Crippen LogP contribution in [0, 0.1) is 0 Å². The van der Waals surface area contributed by atoms with Crippen LogP contribution in [-0.4, -0.2) is 60.5 Å². The van der Waals surface area contributed by atoms with Gasteiger partial charge in [-0.2, -0.15) is 0 Å². The van der Waals surface area contributed by atoms with E-state index in [9.17, 15) is 4.79 Å². The number of piperazine rings is 1. The molecule has 4 nitrogen and oxygen atoms in total. The van der Waals surface area contributed by atoms with Gasteiger partial charge in [0.05, 0.1) is 6.04 Å². The van der Waals surface area contributed by atoms with Crippen LogP contribution in [-0.2, 0) is 11.2 Å². The van der Waals surface area contributed by atoms with Gasteiger partial charge in [-0.25, -0.2) is 0 Å². The molecular weight excluding hydrogens is 306 g/mol. The first-order valence-electron chi connectivity index (χ1n) is 9.01. The smallest absolute Gasteiger partial charge is 0.237 e. The molecule has 0 unspecified atom stereocenters. The lowest BCUT2D eigenvalue weighted by atomic mass is 10.2. The number of hydrogen-bond acceptors (Lipinski definition) is 4. The van der Waals surface area contributed by atoms with Crippen molar-refractivity contribution in [2.24, 2.45) is 0 Å². The van der Waals surface area contributed by atoms with Crippen molar-refractivity contribution in [1.82, 2.24) is 15.1 Å². The van der Waals surface area contributed by atoms with Crippen molar-refractivity contribution in [3.63, 3.8) is 0 Å². The van der Waals surface area contributed by atoms with Crippen molar-refractivity contribution >= 4 is 17.2 Å². The van der Waals surface area contributed by atoms with Crippen molar-refractivity contribution in [3.05, 3.63) is 22.4 Å². The van der Waals surface area contributed by atoms with Crippen molar-refractivity contribution < 1.29 is 4.79 Å². The third-order valence-corrected chi connectivity index (χ3v) is 6.23. The van der Waals surface area contributed by atoms with Gasteiger partial charge in [0, 0.05) is 43.6 Å². The topological polar surface area (TPSA) is 35.6 Å². The zero-order valence-electron chi connectivity index (χ0n) is 14.2. The van der Waals surface area contributed by atoms with E-state index in [0.29, 0.717) is 6.04 Å². The maximum atomic E-state index is 12.4. The highest BCUT2D eigenvalue weighted by molar-refractivity contribution is 7.09. The second-order valence-corrected chi connectivity index (χ2v) is 7.91. The lowest BCUT2D eigenvalue weighted by molar-refractivity contribution is -0.127. The number of nitrogens with zero attached hydrogens (tertiary/aromatic N) is 2. The number of thiophene rings is 1. The van der Waals surface area contributed by atoms with Crippen LogP contribution in [0.1, 0.15) is 37.5 Å². The van der Waals surface area contributed by atoms with Gasteiger partial charge in [0.1, 0.15) is 0 Å². The fourth-order valence-electron chi connectivity index (χ4n) is 3.66. The van der Waals surface area contributed by atoms with Gasteiger partial charge < -0.3 is 10.2 Å². The van der Waals surface area contributed by atoms with Gasteiger partial charge in [-0.1, -0.05) is 18.9 Å². The van der Waals surface area contributed by atoms with Crippen LogP contribution in [0.2, 0.25) is 0 Å². The van der Waals surface area contributed by atoms with E-state index < -0.39 is 0 Å². The van der Waals surface area contributed by atoms with Crippen molar-refractivity contribution in [1.29, 1.82) is 0 Å². The minimum absolute atomic E-state index is 0.00930. The summed E-state index contributed by atoms with van der Waals surface area (Å²) in [5.74, 6) is 0.226. The molecule has 1 aliphatic carbocycles. The van der Waals surface area contributed by atoms with Crippen LogP contribution in [0.3, 0.4) is 0 Å². The number of nitrogens with one attached hydrogen (secondary N) is 1. The molecule has 5 heteroatoms. The van der Waals surface area contributed by atoms with Gasteiger partial charge >= 0.3 is 0 Å². The lowest BCUT2D eigenvalue weighted by Gasteiger charge is -2.37. The Kier molecular flexibility index (Phi) is 6.08. The van der Waals surface area contributed by atoms with Crippen molar-refractivity contribution in [2.45, 2.75) is 51.1 Å². The molecule has 1 aliphatic heterocycles. The highest BCUT2D eigenvalue weighted by Crippen LogP contribution is 2.18. The first-order chi connectivity index (χ1) is 11.2. The minimum Gasteiger partial charge on any atom is -0.352 e. The second-order valence-electron chi connectivity index (χ2n) is 6.87. The summed E-state index contributed by atoms with van der Waals surface area (Å²) in [6.45, 7) is 7.36. The Labute approximate surface area is 143 Å².